The van der Waals surface area contributed by atoms with Crippen LogP contribution in [0.25, 0.3) is 0 Å². The van der Waals surface area contributed by atoms with E-state index in [9.17, 15) is 5.11 Å². The van der Waals surface area contributed by atoms with Crippen molar-refractivity contribution in [3.05, 3.63) is 0 Å². The van der Waals surface area contributed by atoms with E-state index in [1.165, 1.54) is 0 Å². The number of nitrogens with two attached hydrogens (primary N) is 1. The van der Waals surface area contributed by atoms with Crippen LogP contribution in [0, 0.1) is 11.3 Å². The van der Waals surface area contributed by atoms with Crippen molar-refractivity contribution in [2.45, 2.75) is 46.1 Å². The summed E-state index contributed by atoms with van der Waals surface area (Å²) in [7, 11) is 0. The third-order valence-electron chi connectivity index (χ3n) is 4.49. The zero-order valence-electron chi connectivity index (χ0n) is 11.1. The third kappa shape index (κ3) is 3.19. The molecule has 1 aliphatic rings. The first kappa shape index (κ1) is 13.9. The minimum absolute atomic E-state index is 0.155. The zero-order chi connectivity index (χ0) is 12.2. The van der Waals surface area contributed by atoms with Crippen LogP contribution < -0.4 is 5.73 Å². The molecule has 2 unspecified atom stereocenters. The quantitative estimate of drug-likeness (QED) is 0.749. The third-order valence-corrected chi connectivity index (χ3v) is 4.49. The lowest BCUT2D eigenvalue weighted by Crippen LogP contribution is -2.49. The first-order valence-corrected chi connectivity index (χ1v) is 6.67. The number of β-amino-alcohol motifs (C(OH)–C–C–N with tert-alkyl or cyclic N) is 1. The van der Waals surface area contributed by atoms with E-state index in [1.807, 2.05) is 0 Å². The molecule has 0 spiro atoms. The average Bonchev–Trinajstić information content (AvgIpc) is 2.31. The highest BCUT2D eigenvalue weighted by atomic mass is 16.3. The topological polar surface area (TPSA) is 49.5 Å². The SMILES string of the molecule is CCC(CC)(CN)CN1CCC(C)C(O)C1. The number of likely N-dealkylation sites (tertiary alicyclic amines) is 1. The molecule has 1 saturated heterocycles. The molecule has 2 atom stereocenters. The van der Waals surface area contributed by atoms with Crippen molar-refractivity contribution in [3.8, 4) is 0 Å². The van der Waals surface area contributed by atoms with E-state index in [4.69, 9.17) is 5.73 Å². The lowest BCUT2D eigenvalue weighted by Gasteiger charge is -2.41. The van der Waals surface area contributed by atoms with Crippen molar-refractivity contribution in [2.24, 2.45) is 17.1 Å². The van der Waals surface area contributed by atoms with Crippen LogP contribution in [0.1, 0.15) is 40.0 Å². The lowest BCUT2D eigenvalue weighted by atomic mass is 9.81. The maximum Gasteiger partial charge on any atom is 0.0693 e. The predicted molar refractivity (Wildman–Crippen MR) is 68.3 cm³/mol. The summed E-state index contributed by atoms with van der Waals surface area (Å²) in [6.45, 7) is 10.3. The average molecular weight is 228 g/mol. The van der Waals surface area contributed by atoms with Gasteiger partial charge < -0.3 is 15.7 Å². The smallest absolute Gasteiger partial charge is 0.0693 e. The van der Waals surface area contributed by atoms with Gasteiger partial charge in [0.25, 0.3) is 0 Å². The molecule has 0 aromatic rings. The van der Waals surface area contributed by atoms with Crippen LogP contribution in [-0.4, -0.2) is 42.3 Å². The van der Waals surface area contributed by atoms with Crippen LogP contribution in [0.3, 0.4) is 0 Å². The Hall–Kier alpha value is -0.120. The molecule has 0 aromatic carbocycles. The Morgan fingerprint density at radius 3 is 2.44 bits per heavy atom. The standard InChI is InChI=1S/C13H28N2O/c1-4-13(5-2,9-14)10-15-7-6-11(3)12(16)8-15/h11-12,16H,4-10,14H2,1-3H3. The van der Waals surface area contributed by atoms with Gasteiger partial charge in [0.2, 0.25) is 0 Å². The molecule has 16 heavy (non-hydrogen) atoms. The molecule has 3 nitrogen and oxygen atoms in total. The Morgan fingerprint density at radius 2 is 2.00 bits per heavy atom. The Morgan fingerprint density at radius 1 is 1.38 bits per heavy atom. The van der Waals surface area contributed by atoms with Gasteiger partial charge in [-0.1, -0.05) is 20.8 Å². The molecule has 0 aromatic heterocycles. The number of aliphatic hydroxyl groups is 1. The summed E-state index contributed by atoms with van der Waals surface area (Å²) >= 11 is 0. The Balaban J connectivity index is 2.53. The fourth-order valence-electron chi connectivity index (χ4n) is 2.56. The fourth-order valence-corrected chi connectivity index (χ4v) is 2.56. The monoisotopic (exact) mass is 228 g/mol. The molecular formula is C13H28N2O. The van der Waals surface area contributed by atoms with Crippen LogP contribution in [0.15, 0.2) is 0 Å². The van der Waals surface area contributed by atoms with Crippen molar-refractivity contribution in [1.29, 1.82) is 0 Å². The van der Waals surface area contributed by atoms with Crippen molar-refractivity contribution in [3.63, 3.8) is 0 Å². The van der Waals surface area contributed by atoms with E-state index >= 15 is 0 Å². The molecule has 0 aliphatic carbocycles. The minimum Gasteiger partial charge on any atom is -0.392 e. The first-order chi connectivity index (χ1) is 7.56. The highest BCUT2D eigenvalue weighted by Gasteiger charge is 2.31. The van der Waals surface area contributed by atoms with Gasteiger partial charge >= 0.3 is 0 Å². The fraction of sp³-hybridized carbons (Fsp3) is 1.00. The maximum atomic E-state index is 9.89. The number of aliphatic hydroxyl groups excluding tert-OH is 1. The van der Waals surface area contributed by atoms with Gasteiger partial charge in [0.05, 0.1) is 6.10 Å². The van der Waals surface area contributed by atoms with Crippen molar-refractivity contribution >= 4 is 0 Å². The van der Waals surface area contributed by atoms with Crippen LogP contribution in [-0.2, 0) is 0 Å². The van der Waals surface area contributed by atoms with Crippen LogP contribution in [0.5, 0.6) is 0 Å². The summed E-state index contributed by atoms with van der Waals surface area (Å²) in [4.78, 5) is 2.39. The zero-order valence-corrected chi connectivity index (χ0v) is 11.1. The Labute approximate surface area is 100 Å². The summed E-state index contributed by atoms with van der Waals surface area (Å²) in [5, 5.41) is 9.89. The predicted octanol–water partition coefficient (Wildman–Crippen LogP) is 1.45. The Kier molecular flexibility index (Phi) is 5.22. The highest BCUT2D eigenvalue weighted by molar-refractivity contribution is 4.85. The second-order valence-corrected chi connectivity index (χ2v) is 5.48. The van der Waals surface area contributed by atoms with Crippen LogP contribution in [0.2, 0.25) is 0 Å². The number of piperidine rings is 1. The molecular weight excluding hydrogens is 200 g/mol. The molecule has 1 heterocycles. The summed E-state index contributed by atoms with van der Waals surface area (Å²) < 4.78 is 0. The molecule has 1 aliphatic heterocycles. The van der Waals surface area contributed by atoms with E-state index in [-0.39, 0.29) is 11.5 Å². The lowest BCUT2D eigenvalue weighted by molar-refractivity contribution is 0.00919. The summed E-state index contributed by atoms with van der Waals surface area (Å²) in [6, 6.07) is 0. The van der Waals surface area contributed by atoms with Gasteiger partial charge in [0.15, 0.2) is 0 Å². The van der Waals surface area contributed by atoms with Crippen molar-refractivity contribution in [1.82, 2.24) is 4.90 Å². The molecule has 3 N–H and O–H groups in total. The number of hydrogen-bond donors (Lipinski definition) is 2. The van der Waals surface area contributed by atoms with E-state index in [0.29, 0.717) is 5.92 Å². The van der Waals surface area contributed by atoms with Crippen LogP contribution >= 0.6 is 0 Å². The van der Waals surface area contributed by atoms with Gasteiger partial charge in [-0.15, -0.1) is 0 Å². The number of hydrogen-bond acceptors (Lipinski definition) is 3. The van der Waals surface area contributed by atoms with Gasteiger partial charge in [-0.25, -0.2) is 0 Å². The van der Waals surface area contributed by atoms with Gasteiger partial charge in [-0.3, -0.25) is 0 Å². The van der Waals surface area contributed by atoms with E-state index in [2.05, 4.69) is 25.7 Å². The molecule has 96 valence electrons. The van der Waals surface area contributed by atoms with Crippen molar-refractivity contribution < 1.29 is 5.11 Å². The largest absolute Gasteiger partial charge is 0.392 e. The Bertz CT molecular complexity index is 196. The van der Waals surface area contributed by atoms with Crippen molar-refractivity contribution in [2.75, 3.05) is 26.2 Å². The number of nitrogens with zero attached hydrogens (tertiary/aromatic N) is 1. The number of rotatable bonds is 5. The van der Waals surface area contributed by atoms with Gasteiger partial charge in [-0.2, -0.15) is 0 Å². The van der Waals surface area contributed by atoms with Gasteiger partial charge in [0.1, 0.15) is 0 Å². The summed E-state index contributed by atoms with van der Waals surface area (Å²) in [6.07, 6.45) is 3.21. The molecule has 0 saturated carbocycles. The first-order valence-electron chi connectivity index (χ1n) is 6.67. The molecule has 0 bridgehead atoms. The second-order valence-electron chi connectivity index (χ2n) is 5.48. The second kappa shape index (κ2) is 5.99. The molecule has 1 fully saturated rings. The molecule has 0 amide bonds. The minimum atomic E-state index is -0.155. The molecule has 1 rings (SSSR count). The van der Waals surface area contributed by atoms with Gasteiger partial charge in [0, 0.05) is 13.1 Å². The summed E-state index contributed by atoms with van der Waals surface area (Å²) in [5.74, 6) is 0.451. The summed E-state index contributed by atoms with van der Waals surface area (Å²) in [5.41, 5.74) is 6.17. The maximum absolute atomic E-state index is 9.89. The van der Waals surface area contributed by atoms with E-state index in [1.54, 1.807) is 0 Å². The van der Waals surface area contributed by atoms with E-state index in [0.717, 1.165) is 45.4 Å². The van der Waals surface area contributed by atoms with E-state index < -0.39 is 0 Å². The normalized spacial score (nSPS) is 28.3. The molecule has 0 radical (unpaired) electrons. The molecule has 3 heteroatoms. The van der Waals surface area contributed by atoms with Crippen LogP contribution in [0.4, 0.5) is 0 Å². The van der Waals surface area contributed by atoms with Gasteiger partial charge in [-0.05, 0) is 43.7 Å². The highest BCUT2D eigenvalue weighted by Crippen LogP contribution is 2.28.